The molecule has 2 aromatic carbocycles. The zero-order valence-electron chi connectivity index (χ0n) is 9.49. The van der Waals surface area contributed by atoms with Crippen molar-refractivity contribution in [3.05, 3.63) is 57.8 Å². The van der Waals surface area contributed by atoms with Gasteiger partial charge in [0.05, 0.1) is 10.6 Å². The first-order valence-electron chi connectivity index (χ1n) is 5.19. The Morgan fingerprint density at radius 3 is 2.42 bits per heavy atom. The molecule has 6 heteroatoms. The summed E-state index contributed by atoms with van der Waals surface area (Å²) in [6.07, 6.45) is 0. The summed E-state index contributed by atoms with van der Waals surface area (Å²) >= 11 is 16.6. The van der Waals surface area contributed by atoms with E-state index in [1.807, 2.05) is 0 Å². The van der Waals surface area contributed by atoms with Crippen LogP contribution in [0.15, 0.2) is 36.4 Å². The fourth-order valence-electron chi connectivity index (χ4n) is 1.46. The number of hydrogen-bond donors (Lipinski definition) is 1. The largest absolute Gasteiger partial charge is 0.455 e. The van der Waals surface area contributed by atoms with Crippen molar-refractivity contribution in [2.75, 3.05) is 0 Å². The van der Waals surface area contributed by atoms with Gasteiger partial charge in [-0.1, -0.05) is 35.4 Å². The van der Waals surface area contributed by atoms with Gasteiger partial charge in [0.25, 0.3) is 0 Å². The van der Waals surface area contributed by atoms with Crippen LogP contribution in [-0.4, -0.2) is 4.99 Å². The number of halogens is 3. The van der Waals surface area contributed by atoms with Crippen molar-refractivity contribution in [2.24, 2.45) is 5.73 Å². The molecule has 0 bridgehead atoms. The first-order valence-corrected chi connectivity index (χ1v) is 6.36. The van der Waals surface area contributed by atoms with E-state index in [4.69, 9.17) is 45.9 Å². The van der Waals surface area contributed by atoms with E-state index in [2.05, 4.69) is 0 Å². The van der Waals surface area contributed by atoms with Crippen LogP contribution in [0.1, 0.15) is 5.56 Å². The summed E-state index contributed by atoms with van der Waals surface area (Å²) in [5, 5.41) is 0.830. The summed E-state index contributed by atoms with van der Waals surface area (Å²) < 4.78 is 18.8. The van der Waals surface area contributed by atoms with Crippen LogP contribution in [-0.2, 0) is 0 Å². The Balaban J connectivity index is 2.40. The van der Waals surface area contributed by atoms with Gasteiger partial charge in [-0.05, 0) is 36.4 Å². The van der Waals surface area contributed by atoms with E-state index in [0.717, 1.165) is 0 Å². The Morgan fingerprint density at radius 2 is 1.79 bits per heavy atom. The van der Waals surface area contributed by atoms with Gasteiger partial charge in [-0.25, -0.2) is 4.39 Å². The monoisotopic (exact) mass is 315 g/mol. The average Bonchev–Trinajstić information content (AvgIpc) is 2.34. The molecular formula is C13H8Cl2FNOS. The first kappa shape index (κ1) is 14.1. The maximum absolute atomic E-state index is 13.2. The fraction of sp³-hybridized carbons (Fsp3) is 0. The van der Waals surface area contributed by atoms with E-state index in [1.54, 1.807) is 18.2 Å². The van der Waals surface area contributed by atoms with E-state index < -0.39 is 5.82 Å². The SMILES string of the molecule is NC(=S)c1cc(F)ccc1Oc1ccc(Cl)cc1Cl. The third kappa shape index (κ3) is 3.35. The zero-order chi connectivity index (χ0) is 14.0. The highest BCUT2D eigenvalue weighted by Crippen LogP contribution is 2.33. The molecule has 0 aromatic heterocycles. The van der Waals surface area contributed by atoms with Crippen LogP contribution < -0.4 is 10.5 Å². The van der Waals surface area contributed by atoms with Gasteiger partial charge in [-0.15, -0.1) is 0 Å². The molecule has 2 aromatic rings. The Hall–Kier alpha value is -1.36. The number of hydrogen-bond acceptors (Lipinski definition) is 2. The lowest BCUT2D eigenvalue weighted by Gasteiger charge is -2.11. The Labute approximate surface area is 124 Å². The third-order valence-electron chi connectivity index (χ3n) is 2.32. The molecule has 0 aliphatic heterocycles. The quantitative estimate of drug-likeness (QED) is 0.843. The number of ether oxygens (including phenoxy) is 1. The van der Waals surface area contributed by atoms with Gasteiger partial charge >= 0.3 is 0 Å². The van der Waals surface area contributed by atoms with Crippen molar-refractivity contribution < 1.29 is 9.13 Å². The molecular weight excluding hydrogens is 308 g/mol. The number of benzene rings is 2. The van der Waals surface area contributed by atoms with E-state index in [9.17, 15) is 4.39 Å². The summed E-state index contributed by atoms with van der Waals surface area (Å²) in [5.74, 6) is 0.269. The average molecular weight is 316 g/mol. The molecule has 0 amide bonds. The minimum Gasteiger partial charge on any atom is -0.455 e. The van der Waals surface area contributed by atoms with Crippen molar-refractivity contribution in [3.8, 4) is 11.5 Å². The second kappa shape index (κ2) is 5.74. The molecule has 0 saturated carbocycles. The van der Waals surface area contributed by atoms with Crippen LogP contribution in [0.3, 0.4) is 0 Å². The van der Waals surface area contributed by atoms with Crippen LogP contribution in [0.25, 0.3) is 0 Å². The van der Waals surface area contributed by atoms with Crippen LogP contribution in [0.5, 0.6) is 11.5 Å². The molecule has 2 rings (SSSR count). The molecule has 2 nitrogen and oxygen atoms in total. The van der Waals surface area contributed by atoms with Crippen LogP contribution >= 0.6 is 35.4 Å². The number of thiocarbonyl (C=S) groups is 1. The van der Waals surface area contributed by atoms with Crippen LogP contribution in [0.4, 0.5) is 4.39 Å². The molecule has 0 aliphatic carbocycles. The standard InChI is InChI=1S/C13H8Cl2FNOS/c14-7-1-3-12(10(15)5-7)18-11-4-2-8(16)6-9(11)13(17)19/h1-6H,(H2,17,19). The molecule has 0 aliphatic rings. The van der Waals surface area contributed by atoms with Gasteiger partial charge in [-0.2, -0.15) is 0 Å². The maximum atomic E-state index is 13.2. The summed E-state index contributed by atoms with van der Waals surface area (Å²) in [7, 11) is 0. The van der Waals surface area contributed by atoms with Crippen LogP contribution in [0.2, 0.25) is 10.0 Å². The number of nitrogens with two attached hydrogens (primary N) is 1. The summed E-state index contributed by atoms with van der Waals surface area (Å²) in [6.45, 7) is 0. The molecule has 0 spiro atoms. The third-order valence-corrected chi connectivity index (χ3v) is 3.07. The Kier molecular flexibility index (Phi) is 4.24. The van der Waals surface area contributed by atoms with E-state index in [0.29, 0.717) is 27.1 Å². The van der Waals surface area contributed by atoms with E-state index in [1.165, 1.54) is 18.2 Å². The summed E-state index contributed by atoms with van der Waals surface area (Å²) in [5.41, 5.74) is 5.84. The lowest BCUT2D eigenvalue weighted by atomic mass is 10.2. The second-order valence-electron chi connectivity index (χ2n) is 3.68. The molecule has 98 valence electrons. The highest BCUT2D eigenvalue weighted by Gasteiger charge is 2.11. The zero-order valence-corrected chi connectivity index (χ0v) is 11.8. The van der Waals surface area contributed by atoms with Crippen molar-refractivity contribution in [3.63, 3.8) is 0 Å². The molecule has 0 unspecified atom stereocenters. The smallest absolute Gasteiger partial charge is 0.146 e. The minimum atomic E-state index is -0.447. The summed E-state index contributed by atoms with van der Waals surface area (Å²) in [4.78, 5) is 0.0413. The lowest BCUT2D eigenvalue weighted by molar-refractivity contribution is 0.480. The highest BCUT2D eigenvalue weighted by atomic mass is 35.5. The first-order chi connectivity index (χ1) is 8.97. The Morgan fingerprint density at radius 1 is 1.11 bits per heavy atom. The fourth-order valence-corrected chi connectivity index (χ4v) is 2.07. The number of rotatable bonds is 3. The van der Waals surface area contributed by atoms with Crippen molar-refractivity contribution in [1.82, 2.24) is 0 Å². The second-order valence-corrected chi connectivity index (χ2v) is 4.97. The van der Waals surface area contributed by atoms with Gasteiger partial charge in [0.15, 0.2) is 0 Å². The van der Waals surface area contributed by atoms with E-state index in [-0.39, 0.29) is 4.99 Å². The van der Waals surface area contributed by atoms with Crippen LogP contribution in [0, 0.1) is 5.82 Å². The molecule has 0 saturated heterocycles. The van der Waals surface area contributed by atoms with Crippen molar-refractivity contribution in [1.29, 1.82) is 0 Å². The molecule has 0 fully saturated rings. The molecule has 19 heavy (non-hydrogen) atoms. The van der Waals surface area contributed by atoms with Crippen molar-refractivity contribution >= 4 is 40.4 Å². The normalized spacial score (nSPS) is 10.3. The molecule has 0 atom stereocenters. The topological polar surface area (TPSA) is 35.2 Å². The molecule has 0 heterocycles. The highest BCUT2D eigenvalue weighted by molar-refractivity contribution is 7.80. The maximum Gasteiger partial charge on any atom is 0.146 e. The Bertz CT molecular complexity index is 649. The van der Waals surface area contributed by atoms with E-state index >= 15 is 0 Å². The van der Waals surface area contributed by atoms with Gasteiger partial charge in [0.1, 0.15) is 22.3 Å². The molecule has 0 radical (unpaired) electrons. The van der Waals surface area contributed by atoms with Gasteiger partial charge in [-0.3, -0.25) is 0 Å². The lowest BCUT2D eigenvalue weighted by Crippen LogP contribution is -2.11. The summed E-state index contributed by atoms with van der Waals surface area (Å²) in [6, 6.07) is 8.68. The minimum absolute atomic E-state index is 0.0413. The predicted molar refractivity (Wildman–Crippen MR) is 78.8 cm³/mol. The van der Waals surface area contributed by atoms with Crippen molar-refractivity contribution in [2.45, 2.75) is 0 Å². The van der Waals surface area contributed by atoms with Gasteiger partial charge in [0, 0.05) is 5.02 Å². The predicted octanol–water partition coefficient (Wildman–Crippen LogP) is 4.56. The van der Waals surface area contributed by atoms with Gasteiger partial charge < -0.3 is 10.5 Å². The molecule has 2 N–H and O–H groups in total. The van der Waals surface area contributed by atoms with Gasteiger partial charge in [0.2, 0.25) is 0 Å².